The third-order valence-corrected chi connectivity index (χ3v) is 3.79. The maximum absolute atomic E-state index is 12.9. The number of carbonyl (C=O) groups is 1. The maximum Gasteiger partial charge on any atom is 0.329 e. The second-order valence-corrected chi connectivity index (χ2v) is 4.95. The van der Waals surface area contributed by atoms with E-state index in [1.165, 1.54) is 12.1 Å². The summed E-state index contributed by atoms with van der Waals surface area (Å²) >= 11 is 0. The van der Waals surface area contributed by atoms with Crippen LogP contribution >= 0.6 is 0 Å². The van der Waals surface area contributed by atoms with Crippen LogP contribution in [0.3, 0.4) is 0 Å². The summed E-state index contributed by atoms with van der Waals surface area (Å²) in [6.45, 7) is 4.53. The van der Waals surface area contributed by atoms with Crippen molar-refractivity contribution in [2.45, 2.75) is 25.3 Å². The third-order valence-electron chi connectivity index (χ3n) is 3.79. The number of piperidine rings is 1. The largest absolute Gasteiger partial charge is 0.480 e. The standard InChI is InChI=1S/C14H19FN2O2/c1-2-17-9-7-14(8-10-17,13(18)19)16-12-5-3-11(15)4-6-12/h3-6,16H,2,7-10H2,1H3,(H,18,19). The molecule has 104 valence electrons. The number of carboxylic acid groups (broad SMARTS) is 1. The predicted molar refractivity (Wildman–Crippen MR) is 71.7 cm³/mol. The molecular formula is C14H19FN2O2. The van der Waals surface area contributed by atoms with Gasteiger partial charge in [0.25, 0.3) is 0 Å². The molecule has 0 aliphatic carbocycles. The van der Waals surface area contributed by atoms with Crippen LogP contribution in [0.1, 0.15) is 19.8 Å². The fraction of sp³-hybridized carbons (Fsp3) is 0.500. The zero-order valence-electron chi connectivity index (χ0n) is 11.0. The molecular weight excluding hydrogens is 247 g/mol. The fourth-order valence-corrected chi connectivity index (χ4v) is 2.45. The Bertz CT molecular complexity index is 439. The highest BCUT2D eigenvalue weighted by atomic mass is 19.1. The fourth-order valence-electron chi connectivity index (χ4n) is 2.45. The zero-order chi connectivity index (χ0) is 13.9. The molecule has 0 bridgehead atoms. The summed E-state index contributed by atoms with van der Waals surface area (Å²) < 4.78 is 12.9. The van der Waals surface area contributed by atoms with Crippen molar-refractivity contribution in [3.63, 3.8) is 0 Å². The number of hydrogen-bond donors (Lipinski definition) is 2. The predicted octanol–water partition coefficient (Wildman–Crippen LogP) is 2.18. The molecule has 1 aliphatic heterocycles. The molecule has 1 heterocycles. The zero-order valence-corrected chi connectivity index (χ0v) is 11.0. The van der Waals surface area contributed by atoms with Crippen LogP contribution in [0.2, 0.25) is 0 Å². The van der Waals surface area contributed by atoms with Crippen molar-refractivity contribution < 1.29 is 14.3 Å². The first-order valence-corrected chi connectivity index (χ1v) is 6.55. The van der Waals surface area contributed by atoms with Crippen LogP contribution in [0, 0.1) is 5.82 Å². The first kappa shape index (κ1) is 13.8. The summed E-state index contributed by atoms with van der Waals surface area (Å²) in [5.74, 6) is -1.16. The Hall–Kier alpha value is -1.62. The number of rotatable bonds is 4. The number of hydrogen-bond acceptors (Lipinski definition) is 3. The number of halogens is 1. The lowest BCUT2D eigenvalue weighted by Gasteiger charge is -2.39. The Morgan fingerprint density at radius 1 is 1.37 bits per heavy atom. The Morgan fingerprint density at radius 3 is 2.42 bits per heavy atom. The molecule has 2 N–H and O–H groups in total. The van der Waals surface area contributed by atoms with Gasteiger partial charge in [-0.3, -0.25) is 0 Å². The molecule has 5 heteroatoms. The first-order valence-electron chi connectivity index (χ1n) is 6.55. The molecule has 0 saturated carbocycles. The Labute approximate surface area is 112 Å². The van der Waals surface area contributed by atoms with E-state index in [1.807, 2.05) is 0 Å². The van der Waals surface area contributed by atoms with Gasteiger partial charge in [0, 0.05) is 18.8 Å². The molecule has 1 saturated heterocycles. The van der Waals surface area contributed by atoms with Crippen LogP contribution in [0.15, 0.2) is 24.3 Å². The Balaban J connectivity index is 2.12. The summed E-state index contributed by atoms with van der Waals surface area (Å²) in [5, 5.41) is 12.6. The van der Waals surface area contributed by atoms with Crippen LogP contribution in [0.25, 0.3) is 0 Å². The van der Waals surface area contributed by atoms with E-state index in [2.05, 4.69) is 17.1 Å². The maximum atomic E-state index is 12.9. The number of nitrogens with zero attached hydrogens (tertiary/aromatic N) is 1. The minimum atomic E-state index is -0.941. The number of likely N-dealkylation sites (tertiary alicyclic amines) is 1. The number of anilines is 1. The van der Waals surface area contributed by atoms with E-state index in [1.54, 1.807) is 12.1 Å². The van der Waals surface area contributed by atoms with Gasteiger partial charge >= 0.3 is 5.97 Å². The van der Waals surface area contributed by atoms with Gasteiger partial charge in [-0.2, -0.15) is 0 Å². The number of aliphatic carboxylic acids is 1. The monoisotopic (exact) mass is 266 g/mol. The topological polar surface area (TPSA) is 52.6 Å². The van der Waals surface area contributed by atoms with Gasteiger partial charge in [0.2, 0.25) is 0 Å². The van der Waals surface area contributed by atoms with Crippen molar-refractivity contribution >= 4 is 11.7 Å². The van der Waals surface area contributed by atoms with Gasteiger partial charge in [0.1, 0.15) is 11.4 Å². The van der Waals surface area contributed by atoms with Crippen LogP contribution in [0.5, 0.6) is 0 Å². The highest BCUT2D eigenvalue weighted by molar-refractivity contribution is 5.83. The number of benzene rings is 1. The van der Waals surface area contributed by atoms with Crippen molar-refractivity contribution in [3.05, 3.63) is 30.1 Å². The van der Waals surface area contributed by atoms with Gasteiger partial charge in [-0.05, 0) is 43.7 Å². The van der Waals surface area contributed by atoms with E-state index in [9.17, 15) is 14.3 Å². The smallest absolute Gasteiger partial charge is 0.329 e. The van der Waals surface area contributed by atoms with E-state index < -0.39 is 11.5 Å². The molecule has 2 rings (SSSR count). The van der Waals surface area contributed by atoms with E-state index in [-0.39, 0.29) is 5.82 Å². The summed E-state index contributed by atoms with van der Waals surface area (Å²) in [6, 6.07) is 5.82. The van der Waals surface area contributed by atoms with Crippen molar-refractivity contribution in [2.75, 3.05) is 25.0 Å². The molecule has 0 amide bonds. The average Bonchev–Trinajstić information content (AvgIpc) is 2.42. The molecule has 0 unspecified atom stereocenters. The molecule has 1 fully saturated rings. The second-order valence-electron chi connectivity index (χ2n) is 4.95. The first-order chi connectivity index (χ1) is 9.05. The van der Waals surface area contributed by atoms with Crippen LogP contribution in [0.4, 0.5) is 10.1 Å². The number of carboxylic acids is 1. The van der Waals surface area contributed by atoms with Crippen LogP contribution < -0.4 is 5.32 Å². The van der Waals surface area contributed by atoms with E-state index in [0.29, 0.717) is 18.5 Å². The van der Waals surface area contributed by atoms with Crippen molar-refractivity contribution in [3.8, 4) is 0 Å². The van der Waals surface area contributed by atoms with Gasteiger partial charge in [0.15, 0.2) is 0 Å². The molecule has 1 aromatic carbocycles. The van der Waals surface area contributed by atoms with Crippen molar-refractivity contribution in [1.29, 1.82) is 0 Å². The van der Waals surface area contributed by atoms with E-state index >= 15 is 0 Å². The molecule has 0 aromatic heterocycles. The normalized spacial score (nSPS) is 19.1. The van der Waals surface area contributed by atoms with Crippen LogP contribution in [-0.2, 0) is 4.79 Å². The Kier molecular flexibility index (Phi) is 4.04. The van der Waals surface area contributed by atoms with Gasteiger partial charge in [-0.25, -0.2) is 9.18 Å². The lowest BCUT2D eigenvalue weighted by atomic mass is 9.87. The minimum Gasteiger partial charge on any atom is -0.480 e. The highest BCUT2D eigenvalue weighted by Gasteiger charge is 2.41. The van der Waals surface area contributed by atoms with Crippen molar-refractivity contribution in [1.82, 2.24) is 4.90 Å². The second kappa shape index (κ2) is 5.57. The lowest BCUT2D eigenvalue weighted by molar-refractivity contribution is -0.144. The minimum absolute atomic E-state index is 0.323. The third kappa shape index (κ3) is 3.04. The molecule has 19 heavy (non-hydrogen) atoms. The molecule has 1 aromatic rings. The highest BCUT2D eigenvalue weighted by Crippen LogP contribution is 2.27. The summed E-state index contributed by atoms with van der Waals surface area (Å²) in [4.78, 5) is 13.8. The molecule has 0 spiro atoms. The molecule has 0 atom stereocenters. The van der Waals surface area contributed by atoms with Gasteiger partial charge < -0.3 is 15.3 Å². The van der Waals surface area contributed by atoms with Gasteiger partial charge in [-0.15, -0.1) is 0 Å². The quantitative estimate of drug-likeness (QED) is 0.877. The SMILES string of the molecule is CCN1CCC(Nc2ccc(F)cc2)(C(=O)O)CC1. The Morgan fingerprint density at radius 2 is 1.95 bits per heavy atom. The molecule has 1 aliphatic rings. The average molecular weight is 266 g/mol. The lowest BCUT2D eigenvalue weighted by Crippen LogP contribution is -2.54. The van der Waals surface area contributed by atoms with Gasteiger partial charge in [0.05, 0.1) is 0 Å². The summed E-state index contributed by atoms with van der Waals surface area (Å²) in [6.07, 6.45) is 1.10. The summed E-state index contributed by atoms with van der Waals surface area (Å²) in [7, 11) is 0. The summed E-state index contributed by atoms with van der Waals surface area (Å²) in [5.41, 5.74) is -0.294. The molecule has 4 nitrogen and oxygen atoms in total. The van der Waals surface area contributed by atoms with Crippen molar-refractivity contribution in [2.24, 2.45) is 0 Å². The van der Waals surface area contributed by atoms with Crippen LogP contribution in [-0.4, -0.2) is 41.1 Å². The molecule has 0 radical (unpaired) electrons. The van der Waals surface area contributed by atoms with E-state index in [0.717, 1.165) is 19.6 Å². The van der Waals surface area contributed by atoms with E-state index in [4.69, 9.17) is 0 Å². The van der Waals surface area contributed by atoms with Gasteiger partial charge in [-0.1, -0.05) is 6.92 Å². The number of nitrogens with one attached hydrogen (secondary N) is 1.